The Kier molecular flexibility index (Phi) is 7.23. The molecule has 1 amide bonds. The topological polar surface area (TPSA) is 56.8 Å². The molecule has 25 heavy (non-hydrogen) atoms. The molecule has 0 bridgehead atoms. The first-order valence-corrected chi connectivity index (χ1v) is 9.36. The summed E-state index contributed by atoms with van der Waals surface area (Å²) in [5.74, 6) is 0.116. The number of morpholine rings is 1. The van der Waals surface area contributed by atoms with Gasteiger partial charge in [0.2, 0.25) is 5.91 Å². The minimum atomic E-state index is 0.116. The van der Waals surface area contributed by atoms with Crippen LogP contribution >= 0.6 is 0 Å². The number of ether oxygens (including phenoxy) is 1. The lowest BCUT2D eigenvalue weighted by Crippen LogP contribution is -2.48. The van der Waals surface area contributed by atoms with Crippen molar-refractivity contribution in [3.8, 4) is 0 Å². The summed E-state index contributed by atoms with van der Waals surface area (Å²) in [7, 11) is 0. The van der Waals surface area contributed by atoms with E-state index in [4.69, 9.17) is 4.74 Å². The molecule has 1 aromatic rings. The first-order chi connectivity index (χ1) is 12.3. The molecule has 2 aliphatic heterocycles. The van der Waals surface area contributed by atoms with E-state index in [2.05, 4.69) is 50.8 Å². The van der Waals surface area contributed by atoms with Gasteiger partial charge >= 0.3 is 0 Å². The molecule has 2 aliphatic rings. The van der Waals surface area contributed by atoms with Gasteiger partial charge in [0, 0.05) is 64.8 Å². The van der Waals surface area contributed by atoms with Gasteiger partial charge in [0.25, 0.3) is 0 Å². The molecule has 2 fully saturated rings. The first-order valence-electron chi connectivity index (χ1n) is 9.36. The fraction of sp³-hybridized carbons (Fsp3) is 0.632. The number of nitrogens with zero attached hydrogens (tertiary/aromatic N) is 2. The molecule has 1 aromatic carbocycles. The molecule has 0 saturated carbocycles. The average molecular weight is 346 g/mol. The lowest BCUT2D eigenvalue weighted by Gasteiger charge is -2.34. The van der Waals surface area contributed by atoms with Gasteiger partial charge in [0.05, 0.1) is 13.2 Å². The van der Waals surface area contributed by atoms with Crippen molar-refractivity contribution in [1.29, 1.82) is 0 Å². The van der Waals surface area contributed by atoms with Crippen molar-refractivity contribution in [2.24, 2.45) is 0 Å². The Labute approximate surface area is 150 Å². The molecular weight excluding hydrogens is 316 g/mol. The Morgan fingerprint density at radius 1 is 1.16 bits per heavy atom. The van der Waals surface area contributed by atoms with Crippen LogP contribution in [0, 0.1) is 0 Å². The van der Waals surface area contributed by atoms with E-state index in [0.29, 0.717) is 13.0 Å². The van der Waals surface area contributed by atoms with Crippen LogP contribution in [0.3, 0.4) is 0 Å². The number of piperazine rings is 1. The summed E-state index contributed by atoms with van der Waals surface area (Å²) in [6, 6.07) is 10.8. The van der Waals surface area contributed by atoms with Crippen LogP contribution in [0.25, 0.3) is 0 Å². The number of carbonyl (C=O) groups is 1. The van der Waals surface area contributed by atoms with E-state index in [-0.39, 0.29) is 11.9 Å². The van der Waals surface area contributed by atoms with Crippen LogP contribution < -0.4 is 10.6 Å². The van der Waals surface area contributed by atoms with Gasteiger partial charge in [-0.1, -0.05) is 30.3 Å². The number of hydrogen-bond donors (Lipinski definition) is 2. The molecule has 138 valence electrons. The number of amides is 1. The third-order valence-electron chi connectivity index (χ3n) is 4.89. The average Bonchev–Trinajstić information content (AvgIpc) is 2.65. The largest absolute Gasteiger partial charge is 0.378 e. The van der Waals surface area contributed by atoms with Crippen LogP contribution in [0.15, 0.2) is 30.3 Å². The Bertz CT molecular complexity index is 511. The summed E-state index contributed by atoms with van der Waals surface area (Å²) < 4.78 is 5.38. The third kappa shape index (κ3) is 6.40. The van der Waals surface area contributed by atoms with Gasteiger partial charge in [-0.15, -0.1) is 0 Å². The maximum atomic E-state index is 12.0. The lowest BCUT2D eigenvalue weighted by atomic mass is 10.2. The predicted octanol–water partition coefficient (Wildman–Crippen LogP) is 0.299. The number of benzene rings is 1. The molecule has 6 nitrogen and oxygen atoms in total. The Hall–Kier alpha value is -1.47. The summed E-state index contributed by atoms with van der Waals surface area (Å²) in [5, 5.41) is 6.35. The van der Waals surface area contributed by atoms with E-state index < -0.39 is 0 Å². The first kappa shape index (κ1) is 18.3. The van der Waals surface area contributed by atoms with Gasteiger partial charge < -0.3 is 15.4 Å². The van der Waals surface area contributed by atoms with Crippen molar-refractivity contribution in [3.63, 3.8) is 0 Å². The van der Waals surface area contributed by atoms with Gasteiger partial charge in [-0.2, -0.15) is 0 Å². The van der Waals surface area contributed by atoms with Gasteiger partial charge in [0.1, 0.15) is 0 Å². The normalized spacial score (nSPS) is 22.6. The molecule has 2 N–H and O–H groups in total. The van der Waals surface area contributed by atoms with E-state index in [1.54, 1.807) is 0 Å². The highest BCUT2D eigenvalue weighted by molar-refractivity contribution is 5.76. The summed E-state index contributed by atoms with van der Waals surface area (Å²) in [5.41, 5.74) is 1.38. The van der Waals surface area contributed by atoms with Crippen molar-refractivity contribution < 1.29 is 9.53 Å². The zero-order valence-corrected chi connectivity index (χ0v) is 15.0. The Morgan fingerprint density at radius 2 is 1.92 bits per heavy atom. The van der Waals surface area contributed by atoms with Crippen molar-refractivity contribution in [3.05, 3.63) is 35.9 Å². The quantitative estimate of drug-likeness (QED) is 0.744. The number of carbonyl (C=O) groups excluding carboxylic acids is 1. The van der Waals surface area contributed by atoms with Crippen LogP contribution in [0.2, 0.25) is 0 Å². The maximum absolute atomic E-state index is 12.0. The molecule has 1 atom stereocenters. The van der Waals surface area contributed by atoms with Gasteiger partial charge in [0.15, 0.2) is 0 Å². The third-order valence-corrected chi connectivity index (χ3v) is 4.89. The van der Waals surface area contributed by atoms with Crippen molar-refractivity contribution in [1.82, 2.24) is 20.4 Å². The standard InChI is InChI=1S/C19H30N4O2/c24-19(14-18-16-25-13-7-20-18)21-6-8-22-9-11-23(12-10-22)15-17-4-2-1-3-5-17/h1-5,18,20H,6-16H2,(H,21,24). The molecule has 2 saturated heterocycles. The summed E-state index contributed by atoms with van der Waals surface area (Å²) in [6.45, 7) is 9.22. The fourth-order valence-electron chi connectivity index (χ4n) is 3.41. The van der Waals surface area contributed by atoms with Gasteiger partial charge in [-0.3, -0.25) is 14.6 Å². The van der Waals surface area contributed by atoms with Gasteiger partial charge in [-0.25, -0.2) is 0 Å². The Balaban J connectivity index is 1.27. The van der Waals surface area contributed by atoms with Crippen molar-refractivity contribution in [2.75, 3.05) is 59.0 Å². The van der Waals surface area contributed by atoms with Crippen LogP contribution in [-0.4, -0.2) is 80.8 Å². The smallest absolute Gasteiger partial charge is 0.221 e. The van der Waals surface area contributed by atoms with E-state index in [1.165, 1.54) is 5.56 Å². The highest BCUT2D eigenvalue weighted by Crippen LogP contribution is 2.08. The molecule has 6 heteroatoms. The van der Waals surface area contributed by atoms with Crippen LogP contribution in [0.1, 0.15) is 12.0 Å². The lowest BCUT2D eigenvalue weighted by molar-refractivity contribution is -0.122. The summed E-state index contributed by atoms with van der Waals surface area (Å²) >= 11 is 0. The monoisotopic (exact) mass is 346 g/mol. The second-order valence-electron chi connectivity index (χ2n) is 6.88. The molecule has 1 unspecified atom stereocenters. The summed E-state index contributed by atoms with van der Waals surface area (Å²) in [6.07, 6.45) is 0.505. The van der Waals surface area contributed by atoms with Crippen molar-refractivity contribution in [2.45, 2.75) is 19.0 Å². The zero-order valence-electron chi connectivity index (χ0n) is 15.0. The summed E-state index contributed by atoms with van der Waals surface area (Å²) in [4.78, 5) is 16.9. The second kappa shape index (κ2) is 9.87. The van der Waals surface area contributed by atoms with Crippen LogP contribution in [0.5, 0.6) is 0 Å². The number of nitrogens with one attached hydrogen (secondary N) is 2. The Morgan fingerprint density at radius 3 is 2.64 bits per heavy atom. The highest BCUT2D eigenvalue weighted by atomic mass is 16.5. The van der Waals surface area contributed by atoms with E-state index in [1.807, 2.05) is 0 Å². The SMILES string of the molecule is O=C(CC1COCCN1)NCCN1CCN(Cc2ccccc2)CC1. The van der Waals surface area contributed by atoms with E-state index in [9.17, 15) is 4.79 Å². The second-order valence-corrected chi connectivity index (χ2v) is 6.88. The van der Waals surface area contributed by atoms with Crippen LogP contribution in [-0.2, 0) is 16.1 Å². The zero-order chi connectivity index (χ0) is 17.3. The molecule has 0 spiro atoms. The van der Waals surface area contributed by atoms with Crippen molar-refractivity contribution >= 4 is 5.91 Å². The molecular formula is C19H30N4O2. The highest BCUT2D eigenvalue weighted by Gasteiger charge is 2.18. The minimum absolute atomic E-state index is 0.116. The number of rotatable bonds is 7. The predicted molar refractivity (Wildman–Crippen MR) is 98.4 cm³/mol. The minimum Gasteiger partial charge on any atom is -0.378 e. The maximum Gasteiger partial charge on any atom is 0.221 e. The molecule has 0 aromatic heterocycles. The van der Waals surface area contributed by atoms with E-state index >= 15 is 0 Å². The molecule has 3 rings (SSSR count). The molecule has 0 radical (unpaired) electrons. The fourth-order valence-corrected chi connectivity index (χ4v) is 3.41. The number of hydrogen-bond acceptors (Lipinski definition) is 5. The van der Waals surface area contributed by atoms with Gasteiger partial charge in [-0.05, 0) is 5.56 Å². The molecule has 2 heterocycles. The van der Waals surface area contributed by atoms with Crippen LogP contribution in [0.4, 0.5) is 0 Å². The van der Waals surface area contributed by atoms with E-state index in [0.717, 1.165) is 59.0 Å². The molecule has 0 aliphatic carbocycles.